The molecule has 1 aliphatic rings. The number of nitrogens with one attached hydrogen (secondary N) is 1. The molecule has 2 atom stereocenters. The van der Waals surface area contributed by atoms with Gasteiger partial charge in [-0.2, -0.15) is 13.2 Å². The molecule has 204 valence electrons. The molecule has 1 aromatic heterocycles. The van der Waals surface area contributed by atoms with Gasteiger partial charge >= 0.3 is 6.18 Å². The highest BCUT2D eigenvalue weighted by molar-refractivity contribution is 7.99. The lowest BCUT2D eigenvalue weighted by molar-refractivity contribution is -0.137. The van der Waals surface area contributed by atoms with E-state index in [-0.39, 0.29) is 55.3 Å². The molecule has 1 aliphatic heterocycles. The minimum atomic E-state index is -4.62. The summed E-state index contributed by atoms with van der Waals surface area (Å²) >= 11 is 7.12. The number of hydrogen-bond acceptors (Lipinski definition) is 6. The van der Waals surface area contributed by atoms with Crippen LogP contribution >= 0.6 is 23.4 Å². The van der Waals surface area contributed by atoms with Crippen LogP contribution in [0.25, 0.3) is 22.0 Å². The van der Waals surface area contributed by atoms with Crippen molar-refractivity contribution in [3.63, 3.8) is 0 Å². The summed E-state index contributed by atoms with van der Waals surface area (Å²) in [6.07, 6.45) is -3.53. The molecule has 5 N–H and O–H groups in total. The van der Waals surface area contributed by atoms with Crippen LogP contribution < -0.4 is 11.3 Å². The standard InChI is InChI=1S/C26H27ClF3N3O4S/c27-16-4-6-21(35)19(11-16)22-18-10-15(26(28,29)30)3-5-20(18)32-25(37)23(22)38-13-17(34)7-9-33-8-1-2-14(12-33)24(31)36/h3-6,10-11,14,17,34-35H,1-2,7-9,12-13H2,(H2,31,36)(H,32,37). The van der Waals surface area contributed by atoms with E-state index < -0.39 is 23.4 Å². The first-order valence-corrected chi connectivity index (χ1v) is 13.4. The molecule has 0 aliphatic carbocycles. The monoisotopic (exact) mass is 569 g/mol. The number of carbonyl (C=O) groups excluding carboxylic acids is 1. The smallest absolute Gasteiger partial charge is 0.416 e. The zero-order chi connectivity index (χ0) is 27.6. The Labute approximate surface area is 225 Å². The fraction of sp³-hybridized carbons (Fsp3) is 0.385. The van der Waals surface area contributed by atoms with Gasteiger partial charge in [-0.15, -0.1) is 11.8 Å². The summed E-state index contributed by atoms with van der Waals surface area (Å²) in [5.74, 6) is -0.738. The first-order chi connectivity index (χ1) is 17.9. The van der Waals surface area contributed by atoms with Gasteiger partial charge in [-0.1, -0.05) is 11.6 Å². The quantitative estimate of drug-likeness (QED) is 0.294. The number of piperidine rings is 1. The number of likely N-dealkylation sites (tertiary alicyclic amines) is 1. The summed E-state index contributed by atoms with van der Waals surface area (Å²) < 4.78 is 40.6. The summed E-state index contributed by atoms with van der Waals surface area (Å²) in [6, 6.07) is 7.09. The lowest BCUT2D eigenvalue weighted by atomic mass is 9.97. The fourth-order valence-electron chi connectivity index (χ4n) is 4.65. The van der Waals surface area contributed by atoms with Crippen molar-refractivity contribution in [2.75, 3.05) is 25.4 Å². The van der Waals surface area contributed by atoms with Crippen molar-refractivity contribution in [3.8, 4) is 16.9 Å². The van der Waals surface area contributed by atoms with E-state index in [4.69, 9.17) is 17.3 Å². The van der Waals surface area contributed by atoms with Gasteiger partial charge in [0.1, 0.15) is 5.75 Å². The molecule has 0 saturated carbocycles. The molecule has 0 spiro atoms. The van der Waals surface area contributed by atoms with Crippen molar-refractivity contribution in [1.82, 2.24) is 9.88 Å². The Kier molecular flexibility index (Phi) is 8.61. The fourth-order valence-corrected chi connectivity index (χ4v) is 5.89. The van der Waals surface area contributed by atoms with E-state index in [1.165, 1.54) is 24.3 Å². The highest BCUT2D eigenvalue weighted by atomic mass is 35.5. The van der Waals surface area contributed by atoms with Gasteiger partial charge in [0.05, 0.1) is 22.5 Å². The van der Waals surface area contributed by atoms with Crippen molar-refractivity contribution < 1.29 is 28.2 Å². The van der Waals surface area contributed by atoms with E-state index in [1.54, 1.807) is 0 Å². The number of amides is 1. The number of halogens is 4. The Hall–Kier alpha value is -2.73. The minimum absolute atomic E-state index is 0.0557. The molecule has 2 heterocycles. The second-order valence-corrected chi connectivity index (χ2v) is 10.8. The largest absolute Gasteiger partial charge is 0.507 e. The predicted octanol–water partition coefficient (Wildman–Crippen LogP) is 4.61. The highest BCUT2D eigenvalue weighted by Crippen LogP contribution is 2.42. The topological polar surface area (TPSA) is 120 Å². The Morgan fingerprint density at radius 2 is 2.03 bits per heavy atom. The van der Waals surface area contributed by atoms with Gasteiger partial charge in [0.2, 0.25) is 5.91 Å². The Balaban J connectivity index is 1.64. The third kappa shape index (κ3) is 6.45. The second-order valence-electron chi connectivity index (χ2n) is 9.37. The Morgan fingerprint density at radius 3 is 2.74 bits per heavy atom. The van der Waals surface area contributed by atoms with Crippen LogP contribution in [-0.4, -0.2) is 57.5 Å². The van der Waals surface area contributed by atoms with Crippen LogP contribution in [0.15, 0.2) is 46.1 Å². The number of primary amides is 1. The molecule has 1 fully saturated rings. The number of phenols is 1. The molecule has 1 saturated heterocycles. The molecule has 0 bridgehead atoms. The Bertz CT molecular complexity index is 1400. The summed E-state index contributed by atoms with van der Waals surface area (Å²) in [5.41, 5.74) is 4.33. The van der Waals surface area contributed by atoms with Crippen molar-refractivity contribution >= 4 is 40.2 Å². The molecule has 2 unspecified atom stereocenters. The van der Waals surface area contributed by atoms with Crippen molar-refractivity contribution in [1.29, 1.82) is 0 Å². The summed E-state index contributed by atoms with van der Waals surface area (Å²) in [5, 5.41) is 21.5. The number of carbonyl (C=O) groups is 1. The minimum Gasteiger partial charge on any atom is -0.507 e. The molecule has 38 heavy (non-hydrogen) atoms. The molecule has 7 nitrogen and oxygen atoms in total. The van der Waals surface area contributed by atoms with Crippen LogP contribution in [-0.2, 0) is 11.0 Å². The zero-order valence-electron chi connectivity index (χ0n) is 20.2. The lowest BCUT2D eigenvalue weighted by Gasteiger charge is -2.31. The number of aromatic amines is 1. The third-order valence-electron chi connectivity index (χ3n) is 6.63. The van der Waals surface area contributed by atoms with Gasteiger partial charge in [0.15, 0.2) is 0 Å². The molecule has 12 heteroatoms. The summed E-state index contributed by atoms with van der Waals surface area (Å²) in [6.45, 7) is 1.84. The molecule has 4 rings (SSSR count). The van der Waals surface area contributed by atoms with Crippen LogP contribution in [0.3, 0.4) is 0 Å². The second kappa shape index (κ2) is 11.6. The number of phenolic OH excluding ortho intramolecular Hbond substituents is 1. The Morgan fingerprint density at radius 1 is 1.26 bits per heavy atom. The number of aromatic nitrogens is 1. The first kappa shape index (κ1) is 28.3. The molecule has 2 aromatic carbocycles. The van der Waals surface area contributed by atoms with Gasteiger partial charge in [-0.05, 0) is 62.2 Å². The number of nitrogens with zero attached hydrogens (tertiary/aromatic N) is 1. The molecule has 1 amide bonds. The number of benzene rings is 2. The number of aromatic hydroxyl groups is 1. The van der Waals surface area contributed by atoms with Crippen LogP contribution in [0.5, 0.6) is 5.75 Å². The van der Waals surface area contributed by atoms with Crippen LogP contribution in [0.2, 0.25) is 5.02 Å². The number of thioether (sulfide) groups is 1. The highest BCUT2D eigenvalue weighted by Gasteiger charge is 2.31. The number of fused-ring (bicyclic) bond motifs is 1. The van der Waals surface area contributed by atoms with Crippen LogP contribution in [0, 0.1) is 5.92 Å². The van der Waals surface area contributed by atoms with Crippen molar-refractivity contribution in [2.24, 2.45) is 11.7 Å². The molecular weight excluding hydrogens is 543 g/mol. The number of H-pyrrole nitrogens is 1. The maximum Gasteiger partial charge on any atom is 0.416 e. The van der Waals surface area contributed by atoms with Crippen molar-refractivity contribution in [2.45, 2.75) is 36.4 Å². The summed E-state index contributed by atoms with van der Waals surface area (Å²) in [7, 11) is 0. The van der Waals surface area contributed by atoms with Gasteiger partial charge in [-0.3, -0.25) is 9.59 Å². The van der Waals surface area contributed by atoms with E-state index >= 15 is 0 Å². The number of aliphatic hydroxyl groups is 1. The zero-order valence-corrected chi connectivity index (χ0v) is 21.8. The van der Waals surface area contributed by atoms with Gasteiger partial charge < -0.3 is 25.8 Å². The normalized spacial score (nSPS) is 17.6. The van der Waals surface area contributed by atoms with E-state index in [9.17, 15) is 33.0 Å². The van der Waals surface area contributed by atoms with Crippen molar-refractivity contribution in [3.05, 3.63) is 57.3 Å². The van der Waals surface area contributed by atoms with Gasteiger partial charge in [0, 0.05) is 45.9 Å². The first-order valence-electron chi connectivity index (χ1n) is 12.0. The summed E-state index contributed by atoms with van der Waals surface area (Å²) in [4.78, 5) is 29.3. The number of pyridine rings is 1. The van der Waals surface area contributed by atoms with Crippen LogP contribution in [0.1, 0.15) is 24.8 Å². The lowest BCUT2D eigenvalue weighted by Crippen LogP contribution is -2.42. The number of rotatable bonds is 8. The predicted molar refractivity (Wildman–Crippen MR) is 141 cm³/mol. The van der Waals surface area contributed by atoms with E-state index in [0.29, 0.717) is 19.5 Å². The average molecular weight is 570 g/mol. The maximum absolute atomic E-state index is 13.5. The van der Waals surface area contributed by atoms with Gasteiger partial charge in [-0.25, -0.2) is 0 Å². The third-order valence-corrected chi connectivity index (χ3v) is 8.10. The number of aliphatic hydroxyl groups excluding tert-OH is 1. The average Bonchev–Trinajstić information content (AvgIpc) is 2.86. The van der Waals surface area contributed by atoms with E-state index in [0.717, 1.165) is 43.3 Å². The van der Waals surface area contributed by atoms with E-state index in [2.05, 4.69) is 9.88 Å². The molecule has 3 aromatic rings. The van der Waals surface area contributed by atoms with Gasteiger partial charge in [0.25, 0.3) is 5.56 Å². The number of alkyl halides is 3. The SMILES string of the molecule is NC(=O)C1CCCN(CCC(O)CSc2c(-c3cc(Cl)ccc3O)c3cc(C(F)(F)F)ccc3[nH]c2=O)C1. The maximum atomic E-state index is 13.5. The number of nitrogens with two attached hydrogens (primary N) is 1. The molecular formula is C26H27ClF3N3O4S. The van der Waals surface area contributed by atoms with E-state index in [1.807, 2.05) is 0 Å². The van der Waals surface area contributed by atoms with Crippen LogP contribution in [0.4, 0.5) is 13.2 Å². The molecule has 0 radical (unpaired) electrons. The number of hydrogen-bond donors (Lipinski definition) is 4.